The van der Waals surface area contributed by atoms with E-state index >= 15 is 0 Å². The predicted octanol–water partition coefficient (Wildman–Crippen LogP) is 3.18. The fraction of sp³-hybridized carbons (Fsp3) is 0.133. The van der Waals surface area contributed by atoms with E-state index in [4.69, 9.17) is 17.0 Å². The molecule has 2 N–H and O–H groups in total. The van der Waals surface area contributed by atoms with E-state index in [0.717, 1.165) is 11.4 Å². The van der Waals surface area contributed by atoms with Gasteiger partial charge in [0, 0.05) is 12.2 Å². The molecule has 0 unspecified atom stereocenters. The normalized spacial score (nSPS) is 9.74. The molecule has 0 saturated heterocycles. The van der Waals surface area contributed by atoms with Gasteiger partial charge in [-0.05, 0) is 42.0 Å². The van der Waals surface area contributed by atoms with Crippen molar-refractivity contribution in [2.24, 2.45) is 0 Å². The third kappa shape index (κ3) is 4.26. The summed E-state index contributed by atoms with van der Waals surface area (Å²) in [7, 11) is 1.65. The molecule has 0 amide bonds. The molecule has 0 aliphatic heterocycles. The summed E-state index contributed by atoms with van der Waals surface area (Å²) in [5, 5.41) is 6.90. The van der Waals surface area contributed by atoms with Crippen LogP contribution in [0.1, 0.15) is 5.56 Å². The second-order valence-corrected chi connectivity index (χ2v) is 4.43. The Balaban J connectivity index is 1.83. The lowest BCUT2D eigenvalue weighted by Crippen LogP contribution is -2.27. The molecule has 3 nitrogen and oxygen atoms in total. The van der Waals surface area contributed by atoms with Crippen molar-refractivity contribution in [1.29, 1.82) is 0 Å². The lowest BCUT2D eigenvalue weighted by Gasteiger charge is -2.11. The second-order valence-electron chi connectivity index (χ2n) is 4.02. The van der Waals surface area contributed by atoms with Crippen LogP contribution in [-0.4, -0.2) is 12.2 Å². The standard InChI is InChI=1S/C15H16N2OS/c1-18-14-9-7-13(8-10-14)17-15(19)16-11-12-5-3-2-4-6-12/h2-10H,11H2,1H3,(H2,16,17,19). The van der Waals surface area contributed by atoms with Crippen LogP contribution in [0.5, 0.6) is 5.75 Å². The van der Waals surface area contributed by atoms with Crippen molar-refractivity contribution in [3.8, 4) is 5.75 Å². The number of methoxy groups -OCH3 is 1. The average Bonchev–Trinajstić information content (AvgIpc) is 2.47. The molecule has 2 rings (SSSR count). The number of hydrogen-bond donors (Lipinski definition) is 2. The summed E-state index contributed by atoms with van der Waals surface area (Å²) in [6.07, 6.45) is 0. The van der Waals surface area contributed by atoms with E-state index in [0.29, 0.717) is 11.7 Å². The molecule has 0 aliphatic carbocycles. The first-order valence-electron chi connectivity index (χ1n) is 6.01. The molecule has 0 bridgehead atoms. The molecule has 0 atom stereocenters. The molecular formula is C15H16N2OS. The lowest BCUT2D eigenvalue weighted by molar-refractivity contribution is 0.415. The summed E-state index contributed by atoms with van der Waals surface area (Å²) in [4.78, 5) is 0. The maximum Gasteiger partial charge on any atom is 0.171 e. The zero-order valence-corrected chi connectivity index (χ0v) is 11.5. The average molecular weight is 272 g/mol. The van der Waals surface area contributed by atoms with Gasteiger partial charge in [0.1, 0.15) is 5.75 Å². The van der Waals surface area contributed by atoms with Crippen LogP contribution in [-0.2, 0) is 6.54 Å². The van der Waals surface area contributed by atoms with Crippen molar-refractivity contribution in [3.63, 3.8) is 0 Å². The van der Waals surface area contributed by atoms with Crippen molar-refractivity contribution in [3.05, 3.63) is 60.2 Å². The van der Waals surface area contributed by atoms with Crippen LogP contribution in [0.4, 0.5) is 5.69 Å². The van der Waals surface area contributed by atoms with Gasteiger partial charge in [-0.2, -0.15) is 0 Å². The van der Waals surface area contributed by atoms with Gasteiger partial charge in [0.2, 0.25) is 0 Å². The summed E-state index contributed by atoms with van der Waals surface area (Å²) < 4.78 is 5.10. The lowest BCUT2D eigenvalue weighted by atomic mass is 10.2. The molecule has 19 heavy (non-hydrogen) atoms. The first-order chi connectivity index (χ1) is 9.28. The monoisotopic (exact) mass is 272 g/mol. The minimum absolute atomic E-state index is 0.606. The highest BCUT2D eigenvalue weighted by Gasteiger charge is 1.98. The van der Waals surface area contributed by atoms with Gasteiger partial charge in [0.25, 0.3) is 0 Å². The molecule has 0 saturated carbocycles. The van der Waals surface area contributed by atoms with Gasteiger partial charge in [0.15, 0.2) is 5.11 Å². The Hall–Kier alpha value is -2.07. The molecular weight excluding hydrogens is 256 g/mol. The third-order valence-electron chi connectivity index (χ3n) is 2.64. The van der Waals surface area contributed by atoms with Crippen LogP contribution in [0.15, 0.2) is 54.6 Å². The maximum absolute atomic E-state index is 5.24. The van der Waals surface area contributed by atoms with E-state index in [-0.39, 0.29) is 0 Å². The van der Waals surface area contributed by atoms with Gasteiger partial charge in [0.05, 0.1) is 7.11 Å². The zero-order valence-electron chi connectivity index (χ0n) is 10.7. The molecule has 2 aromatic carbocycles. The van der Waals surface area contributed by atoms with Crippen molar-refractivity contribution in [2.75, 3.05) is 12.4 Å². The van der Waals surface area contributed by atoms with Gasteiger partial charge in [-0.1, -0.05) is 30.3 Å². The van der Waals surface area contributed by atoms with Crippen LogP contribution in [0.25, 0.3) is 0 Å². The first-order valence-corrected chi connectivity index (χ1v) is 6.41. The number of thiocarbonyl (C=S) groups is 1. The van der Waals surface area contributed by atoms with Gasteiger partial charge >= 0.3 is 0 Å². The van der Waals surface area contributed by atoms with Crippen LogP contribution in [0.2, 0.25) is 0 Å². The molecule has 0 fully saturated rings. The minimum atomic E-state index is 0.606. The van der Waals surface area contributed by atoms with Crippen molar-refractivity contribution < 1.29 is 4.74 Å². The van der Waals surface area contributed by atoms with E-state index in [9.17, 15) is 0 Å². The number of hydrogen-bond acceptors (Lipinski definition) is 2. The Bertz CT molecular complexity index is 526. The van der Waals surface area contributed by atoms with Gasteiger partial charge in [-0.25, -0.2) is 0 Å². The van der Waals surface area contributed by atoms with Crippen molar-refractivity contribution in [1.82, 2.24) is 5.32 Å². The van der Waals surface area contributed by atoms with Gasteiger partial charge < -0.3 is 15.4 Å². The summed E-state index contributed by atoms with van der Waals surface area (Å²) in [6.45, 7) is 0.711. The Labute approximate surface area is 118 Å². The van der Waals surface area contributed by atoms with Crippen molar-refractivity contribution >= 4 is 23.0 Å². The molecule has 0 radical (unpaired) electrons. The molecule has 0 heterocycles. The van der Waals surface area contributed by atoms with E-state index in [1.54, 1.807) is 7.11 Å². The summed E-state index contributed by atoms with van der Waals surface area (Å²) >= 11 is 5.24. The van der Waals surface area contributed by atoms with Crippen molar-refractivity contribution in [2.45, 2.75) is 6.54 Å². The summed E-state index contributed by atoms with van der Waals surface area (Å²) in [6, 6.07) is 17.8. The number of benzene rings is 2. The van der Waals surface area contributed by atoms with E-state index in [2.05, 4.69) is 22.8 Å². The first kappa shape index (κ1) is 13.4. The van der Waals surface area contributed by atoms with Gasteiger partial charge in [-0.3, -0.25) is 0 Å². The Morgan fingerprint density at radius 2 is 1.74 bits per heavy atom. The molecule has 0 spiro atoms. The summed E-state index contributed by atoms with van der Waals surface area (Å²) in [5.74, 6) is 0.828. The van der Waals surface area contributed by atoms with Crippen LogP contribution in [0.3, 0.4) is 0 Å². The topological polar surface area (TPSA) is 33.3 Å². The Kier molecular flexibility index (Phi) is 4.75. The predicted molar refractivity (Wildman–Crippen MR) is 82.5 cm³/mol. The third-order valence-corrected chi connectivity index (χ3v) is 2.89. The Morgan fingerprint density at radius 3 is 2.37 bits per heavy atom. The zero-order chi connectivity index (χ0) is 13.5. The van der Waals surface area contributed by atoms with Crippen LogP contribution < -0.4 is 15.4 Å². The highest BCUT2D eigenvalue weighted by Crippen LogP contribution is 2.14. The second kappa shape index (κ2) is 6.75. The largest absolute Gasteiger partial charge is 0.497 e. The minimum Gasteiger partial charge on any atom is -0.497 e. The number of anilines is 1. The van der Waals surface area contributed by atoms with E-state index in [1.165, 1.54) is 5.56 Å². The SMILES string of the molecule is COc1ccc(NC(=S)NCc2ccccc2)cc1. The number of ether oxygens (including phenoxy) is 1. The highest BCUT2D eigenvalue weighted by atomic mass is 32.1. The smallest absolute Gasteiger partial charge is 0.171 e. The number of nitrogens with one attached hydrogen (secondary N) is 2. The van der Waals surface area contributed by atoms with Gasteiger partial charge in [-0.15, -0.1) is 0 Å². The van der Waals surface area contributed by atoms with Crippen LogP contribution in [0, 0.1) is 0 Å². The molecule has 2 aromatic rings. The Morgan fingerprint density at radius 1 is 1.05 bits per heavy atom. The fourth-order valence-electron chi connectivity index (χ4n) is 1.63. The highest BCUT2D eigenvalue weighted by molar-refractivity contribution is 7.80. The van der Waals surface area contributed by atoms with Crippen LogP contribution >= 0.6 is 12.2 Å². The summed E-state index contributed by atoms with van der Waals surface area (Å²) in [5.41, 5.74) is 2.13. The van der Waals surface area contributed by atoms with E-state index in [1.807, 2.05) is 42.5 Å². The molecule has 0 aromatic heterocycles. The van der Waals surface area contributed by atoms with E-state index < -0.39 is 0 Å². The molecule has 98 valence electrons. The maximum atomic E-state index is 5.24. The molecule has 4 heteroatoms. The number of rotatable bonds is 4. The fourth-order valence-corrected chi connectivity index (χ4v) is 1.82. The quantitative estimate of drug-likeness (QED) is 0.838. The molecule has 0 aliphatic rings.